The monoisotopic (exact) mass is 402 g/mol. The normalized spacial score (nSPS) is 12.1. The maximum absolute atomic E-state index is 12.5. The maximum atomic E-state index is 12.5. The van der Waals surface area contributed by atoms with E-state index in [4.69, 9.17) is 4.74 Å². The van der Waals surface area contributed by atoms with Crippen molar-refractivity contribution < 1.29 is 14.3 Å². The molecule has 0 unspecified atom stereocenters. The van der Waals surface area contributed by atoms with Crippen LogP contribution in [0.1, 0.15) is 45.0 Å². The largest absolute Gasteiger partial charge is 0.451 e. The van der Waals surface area contributed by atoms with E-state index in [-0.39, 0.29) is 18.6 Å². The topological polar surface area (TPSA) is 59.5 Å². The fourth-order valence-electron chi connectivity index (χ4n) is 2.72. The van der Waals surface area contributed by atoms with Gasteiger partial charge in [-0.25, -0.2) is 9.78 Å². The van der Waals surface area contributed by atoms with E-state index in [1.54, 1.807) is 23.3 Å². The summed E-state index contributed by atoms with van der Waals surface area (Å²) in [6.45, 7) is 5.68. The van der Waals surface area contributed by atoms with Crippen molar-refractivity contribution >= 4 is 44.8 Å². The molecule has 0 bridgehead atoms. The van der Waals surface area contributed by atoms with Crippen LogP contribution >= 0.6 is 22.7 Å². The molecule has 0 spiro atoms. The van der Waals surface area contributed by atoms with E-state index in [2.05, 4.69) is 11.9 Å². The van der Waals surface area contributed by atoms with Gasteiger partial charge in [-0.1, -0.05) is 19.1 Å². The number of thiazole rings is 1. The van der Waals surface area contributed by atoms with Crippen LogP contribution in [0.2, 0.25) is 0 Å². The molecule has 0 N–H and O–H groups in total. The molecule has 2 aromatic heterocycles. The van der Waals surface area contributed by atoms with Crippen LogP contribution in [-0.2, 0) is 16.0 Å². The third kappa shape index (κ3) is 4.20. The number of hydrogen-bond acceptors (Lipinski definition) is 6. The first-order chi connectivity index (χ1) is 12.9. The molecule has 7 heteroatoms. The second-order valence-electron chi connectivity index (χ2n) is 6.35. The van der Waals surface area contributed by atoms with Crippen LogP contribution in [0.25, 0.3) is 10.2 Å². The number of fused-ring (bicyclic) bond motifs is 1. The highest BCUT2D eigenvalue weighted by Gasteiger charge is 2.22. The van der Waals surface area contributed by atoms with Gasteiger partial charge in [0, 0.05) is 11.9 Å². The van der Waals surface area contributed by atoms with Gasteiger partial charge >= 0.3 is 5.97 Å². The van der Waals surface area contributed by atoms with E-state index in [1.807, 2.05) is 44.2 Å². The number of nitrogens with zero attached hydrogens (tertiary/aromatic N) is 2. The number of amides is 1. The minimum atomic E-state index is -0.447. The van der Waals surface area contributed by atoms with Crippen molar-refractivity contribution in [3.8, 4) is 0 Å². The molecule has 0 saturated carbocycles. The number of carbonyl (C=O) groups excluding carboxylic acids is 2. The van der Waals surface area contributed by atoms with E-state index in [0.29, 0.717) is 4.88 Å². The summed E-state index contributed by atoms with van der Waals surface area (Å²) < 4.78 is 6.32. The Kier molecular flexibility index (Phi) is 5.92. The lowest BCUT2D eigenvalue weighted by Crippen LogP contribution is -2.33. The SMILES string of the molecule is CCc1sc(C(=O)OCC(=O)N(C)[C@H](C)c2nc3ccccc3s2)cc1C. The number of likely N-dealkylation sites (N-methyl/N-ethyl adjacent to an activating group) is 1. The lowest BCUT2D eigenvalue weighted by atomic mass is 10.2. The van der Waals surface area contributed by atoms with Gasteiger partial charge in [-0.15, -0.1) is 22.7 Å². The van der Waals surface area contributed by atoms with Gasteiger partial charge in [0.2, 0.25) is 0 Å². The number of carbonyl (C=O) groups is 2. The zero-order valence-electron chi connectivity index (χ0n) is 15.8. The van der Waals surface area contributed by atoms with Crippen LogP contribution in [0.15, 0.2) is 30.3 Å². The molecule has 0 saturated heterocycles. The van der Waals surface area contributed by atoms with E-state index in [1.165, 1.54) is 11.3 Å². The highest BCUT2D eigenvalue weighted by atomic mass is 32.1. The lowest BCUT2D eigenvalue weighted by Gasteiger charge is -2.22. The van der Waals surface area contributed by atoms with Gasteiger partial charge in [0.25, 0.3) is 5.91 Å². The molecule has 0 radical (unpaired) electrons. The van der Waals surface area contributed by atoms with Gasteiger partial charge in [-0.2, -0.15) is 0 Å². The van der Waals surface area contributed by atoms with Crippen molar-refractivity contribution in [2.45, 2.75) is 33.2 Å². The standard InChI is InChI=1S/C20H22N2O3S2/c1-5-15-12(2)10-17(26-15)20(24)25-11-18(23)22(4)13(3)19-21-14-8-6-7-9-16(14)27-19/h6-10,13H,5,11H2,1-4H3/t13-/m1/s1. The molecule has 0 aliphatic rings. The van der Waals surface area contributed by atoms with Gasteiger partial charge in [-0.05, 0) is 44.0 Å². The van der Waals surface area contributed by atoms with Crippen LogP contribution in [0.4, 0.5) is 0 Å². The third-order valence-electron chi connectivity index (χ3n) is 4.51. The molecule has 0 fully saturated rings. The molecule has 1 atom stereocenters. The third-order valence-corrected chi connectivity index (χ3v) is 7.08. The Morgan fingerprint density at radius 2 is 2.00 bits per heavy atom. The molecule has 0 aliphatic heterocycles. The summed E-state index contributed by atoms with van der Waals surface area (Å²) >= 11 is 2.99. The van der Waals surface area contributed by atoms with Crippen molar-refractivity contribution in [1.29, 1.82) is 0 Å². The van der Waals surface area contributed by atoms with Crippen LogP contribution in [0.5, 0.6) is 0 Å². The van der Waals surface area contributed by atoms with Gasteiger partial charge in [0.15, 0.2) is 6.61 Å². The number of para-hydroxylation sites is 1. The summed E-state index contributed by atoms with van der Waals surface area (Å²) in [5, 5.41) is 0.861. The van der Waals surface area contributed by atoms with Crippen molar-refractivity contribution in [2.24, 2.45) is 0 Å². The van der Waals surface area contributed by atoms with Crippen molar-refractivity contribution in [3.05, 3.63) is 50.7 Å². The molecular weight excluding hydrogens is 380 g/mol. The zero-order valence-corrected chi connectivity index (χ0v) is 17.4. The summed E-state index contributed by atoms with van der Waals surface area (Å²) in [7, 11) is 1.71. The number of benzene rings is 1. The summed E-state index contributed by atoms with van der Waals surface area (Å²) in [6.07, 6.45) is 0.880. The van der Waals surface area contributed by atoms with Gasteiger partial charge in [0.1, 0.15) is 9.88 Å². The van der Waals surface area contributed by atoms with Crippen molar-refractivity contribution in [3.63, 3.8) is 0 Å². The summed E-state index contributed by atoms with van der Waals surface area (Å²) in [5.74, 6) is -0.698. The van der Waals surface area contributed by atoms with Crippen LogP contribution < -0.4 is 0 Å². The Morgan fingerprint density at radius 1 is 1.26 bits per heavy atom. The first kappa shape index (κ1) is 19.5. The lowest BCUT2D eigenvalue weighted by molar-refractivity contribution is -0.135. The highest BCUT2D eigenvalue weighted by Crippen LogP contribution is 2.29. The van der Waals surface area contributed by atoms with Gasteiger partial charge in [-0.3, -0.25) is 4.79 Å². The first-order valence-electron chi connectivity index (χ1n) is 8.78. The van der Waals surface area contributed by atoms with E-state index < -0.39 is 5.97 Å². The van der Waals surface area contributed by atoms with Crippen LogP contribution in [0, 0.1) is 6.92 Å². The van der Waals surface area contributed by atoms with Crippen molar-refractivity contribution in [2.75, 3.05) is 13.7 Å². The molecular formula is C20H22N2O3S2. The predicted octanol–water partition coefficient (Wildman–Crippen LogP) is 4.61. The molecule has 27 heavy (non-hydrogen) atoms. The molecule has 142 valence electrons. The Bertz CT molecular complexity index is 944. The average Bonchev–Trinajstić information content (AvgIpc) is 3.27. The van der Waals surface area contributed by atoms with Gasteiger partial charge < -0.3 is 9.64 Å². The molecule has 1 amide bonds. The number of esters is 1. The fraction of sp³-hybridized carbons (Fsp3) is 0.350. The molecule has 1 aromatic carbocycles. The molecule has 3 aromatic rings. The number of aromatic nitrogens is 1. The van der Waals surface area contributed by atoms with Crippen LogP contribution in [0.3, 0.4) is 0 Å². The first-order valence-corrected chi connectivity index (χ1v) is 10.4. The number of ether oxygens (including phenoxy) is 1. The van der Waals surface area contributed by atoms with E-state index in [0.717, 1.165) is 32.1 Å². The molecule has 2 heterocycles. The summed E-state index contributed by atoms with van der Waals surface area (Å²) in [4.78, 5) is 32.6. The number of hydrogen-bond donors (Lipinski definition) is 0. The van der Waals surface area contributed by atoms with E-state index in [9.17, 15) is 9.59 Å². The molecule has 0 aliphatic carbocycles. The minimum Gasteiger partial charge on any atom is -0.451 e. The summed E-state index contributed by atoms with van der Waals surface area (Å²) in [6, 6.07) is 9.52. The molecule has 5 nitrogen and oxygen atoms in total. The number of thiophene rings is 1. The fourth-order valence-corrected chi connectivity index (χ4v) is 4.79. The average molecular weight is 403 g/mol. The van der Waals surface area contributed by atoms with Gasteiger partial charge in [0.05, 0.1) is 16.3 Å². The Hall–Kier alpha value is -2.25. The molecule has 3 rings (SSSR count). The Balaban J connectivity index is 1.61. The number of aryl methyl sites for hydroxylation is 2. The van der Waals surface area contributed by atoms with Crippen LogP contribution in [-0.4, -0.2) is 35.4 Å². The zero-order chi connectivity index (χ0) is 19.6. The maximum Gasteiger partial charge on any atom is 0.348 e. The Labute approximate surface area is 166 Å². The predicted molar refractivity (Wildman–Crippen MR) is 110 cm³/mol. The van der Waals surface area contributed by atoms with E-state index >= 15 is 0 Å². The quantitative estimate of drug-likeness (QED) is 0.565. The second kappa shape index (κ2) is 8.19. The van der Waals surface area contributed by atoms with Crippen molar-refractivity contribution in [1.82, 2.24) is 9.88 Å². The minimum absolute atomic E-state index is 0.190. The Morgan fingerprint density at radius 3 is 2.67 bits per heavy atom. The smallest absolute Gasteiger partial charge is 0.348 e. The summed E-state index contributed by atoms with van der Waals surface area (Å²) in [5.41, 5.74) is 2.01. The number of rotatable bonds is 6. The highest BCUT2D eigenvalue weighted by molar-refractivity contribution is 7.18. The second-order valence-corrected chi connectivity index (χ2v) is 8.55.